The molecule has 0 bridgehead atoms. The zero-order valence-electron chi connectivity index (χ0n) is 8.63. The lowest BCUT2D eigenvalue weighted by Gasteiger charge is -2.31. The van der Waals surface area contributed by atoms with Crippen LogP contribution in [0, 0.1) is 5.92 Å². The van der Waals surface area contributed by atoms with Crippen LogP contribution in [0.5, 0.6) is 0 Å². The van der Waals surface area contributed by atoms with E-state index in [4.69, 9.17) is 4.42 Å². The first-order valence-corrected chi connectivity index (χ1v) is 6.02. The summed E-state index contributed by atoms with van der Waals surface area (Å²) in [5, 5.41) is 2.96. The maximum Gasteiger partial charge on any atom is 0.287 e. The number of amides is 1. The number of nitrogens with one attached hydrogen (secondary N) is 1. The van der Waals surface area contributed by atoms with Crippen molar-refractivity contribution < 1.29 is 9.21 Å². The maximum absolute atomic E-state index is 11.7. The Labute approximate surface area is 97.4 Å². The van der Waals surface area contributed by atoms with Crippen molar-refractivity contribution in [1.82, 2.24) is 5.32 Å². The van der Waals surface area contributed by atoms with Crippen molar-refractivity contribution in [3.8, 4) is 0 Å². The van der Waals surface area contributed by atoms with Crippen molar-refractivity contribution >= 4 is 21.8 Å². The maximum atomic E-state index is 11.7. The minimum atomic E-state index is -0.125. The third kappa shape index (κ3) is 2.43. The standard InChI is InChI=1S/C11H14BrNO2/c1-7(8-3-2-4-8)13-11(14)9-5-6-10(12)15-9/h5-8H,2-4H2,1H3,(H,13,14). The molecule has 1 N–H and O–H groups in total. The van der Waals surface area contributed by atoms with Gasteiger partial charge in [-0.15, -0.1) is 0 Å². The number of hydrogen-bond acceptors (Lipinski definition) is 2. The first-order valence-electron chi connectivity index (χ1n) is 5.23. The minimum absolute atomic E-state index is 0.125. The quantitative estimate of drug-likeness (QED) is 0.919. The van der Waals surface area contributed by atoms with Crippen LogP contribution in [0.15, 0.2) is 21.2 Å². The van der Waals surface area contributed by atoms with E-state index in [0.717, 1.165) is 0 Å². The van der Waals surface area contributed by atoms with E-state index in [2.05, 4.69) is 28.2 Å². The van der Waals surface area contributed by atoms with Crippen LogP contribution in [0.1, 0.15) is 36.7 Å². The first kappa shape index (κ1) is 10.7. The average molecular weight is 272 g/mol. The summed E-state index contributed by atoms with van der Waals surface area (Å²) < 4.78 is 5.77. The van der Waals surface area contributed by atoms with Crippen LogP contribution in [0.4, 0.5) is 0 Å². The van der Waals surface area contributed by atoms with Crippen LogP contribution in [0.3, 0.4) is 0 Å². The molecule has 0 spiro atoms. The Morgan fingerprint density at radius 3 is 2.80 bits per heavy atom. The van der Waals surface area contributed by atoms with Gasteiger partial charge in [0.05, 0.1) is 0 Å². The molecular weight excluding hydrogens is 258 g/mol. The van der Waals surface area contributed by atoms with Gasteiger partial charge in [0.15, 0.2) is 10.4 Å². The number of hydrogen-bond donors (Lipinski definition) is 1. The fourth-order valence-electron chi connectivity index (χ4n) is 1.77. The monoisotopic (exact) mass is 271 g/mol. The van der Waals surface area contributed by atoms with E-state index in [1.807, 2.05) is 0 Å². The lowest BCUT2D eigenvalue weighted by molar-refractivity contribution is 0.0880. The zero-order chi connectivity index (χ0) is 10.8. The Hall–Kier alpha value is -0.770. The van der Waals surface area contributed by atoms with E-state index in [-0.39, 0.29) is 11.9 Å². The second-order valence-corrected chi connectivity index (χ2v) is 4.84. The van der Waals surface area contributed by atoms with E-state index >= 15 is 0 Å². The Bertz CT molecular complexity index is 357. The second kappa shape index (κ2) is 4.39. The molecular formula is C11H14BrNO2. The molecule has 0 saturated heterocycles. The highest BCUT2D eigenvalue weighted by atomic mass is 79.9. The summed E-state index contributed by atoms with van der Waals surface area (Å²) in [6.07, 6.45) is 3.74. The minimum Gasteiger partial charge on any atom is -0.444 e. The molecule has 1 heterocycles. The fraction of sp³-hybridized carbons (Fsp3) is 0.545. The van der Waals surface area contributed by atoms with Crippen molar-refractivity contribution in [3.05, 3.63) is 22.6 Å². The summed E-state index contributed by atoms with van der Waals surface area (Å²) in [4.78, 5) is 11.7. The molecule has 1 aliphatic carbocycles. The summed E-state index contributed by atoms with van der Waals surface area (Å²) >= 11 is 3.17. The largest absolute Gasteiger partial charge is 0.444 e. The third-order valence-corrected chi connectivity index (χ3v) is 3.44. The summed E-state index contributed by atoms with van der Waals surface area (Å²) in [6, 6.07) is 3.64. The SMILES string of the molecule is CC(NC(=O)c1ccc(Br)o1)C1CCC1. The number of halogens is 1. The van der Waals surface area contributed by atoms with E-state index in [0.29, 0.717) is 16.3 Å². The Kier molecular flexibility index (Phi) is 3.14. The summed E-state index contributed by atoms with van der Waals surface area (Å²) in [6.45, 7) is 2.06. The highest BCUT2D eigenvalue weighted by Gasteiger charge is 2.25. The van der Waals surface area contributed by atoms with Crippen LogP contribution in [-0.2, 0) is 0 Å². The molecule has 0 aliphatic heterocycles. The second-order valence-electron chi connectivity index (χ2n) is 4.06. The average Bonchev–Trinajstić information content (AvgIpc) is 2.48. The van der Waals surface area contributed by atoms with Crippen LogP contribution >= 0.6 is 15.9 Å². The molecule has 1 aliphatic rings. The predicted octanol–water partition coefficient (Wildman–Crippen LogP) is 2.96. The molecule has 3 nitrogen and oxygen atoms in total. The Balaban J connectivity index is 1.91. The van der Waals surface area contributed by atoms with Crippen LogP contribution in [0.2, 0.25) is 0 Å². The number of furan rings is 1. The fourth-order valence-corrected chi connectivity index (χ4v) is 2.08. The van der Waals surface area contributed by atoms with Gasteiger partial charge in [0, 0.05) is 6.04 Å². The third-order valence-electron chi connectivity index (χ3n) is 3.01. The van der Waals surface area contributed by atoms with Gasteiger partial charge in [-0.1, -0.05) is 6.42 Å². The van der Waals surface area contributed by atoms with Gasteiger partial charge in [0.25, 0.3) is 5.91 Å². The molecule has 4 heteroatoms. The molecule has 2 rings (SSSR count). The van der Waals surface area contributed by atoms with Gasteiger partial charge in [0.1, 0.15) is 0 Å². The van der Waals surface area contributed by atoms with Crippen molar-refractivity contribution in [1.29, 1.82) is 0 Å². The molecule has 0 radical (unpaired) electrons. The molecule has 1 atom stereocenters. The molecule has 1 fully saturated rings. The highest BCUT2D eigenvalue weighted by molar-refractivity contribution is 9.10. The first-order chi connectivity index (χ1) is 7.16. The van der Waals surface area contributed by atoms with Crippen molar-refractivity contribution in [2.45, 2.75) is 32.2 Å². The number of carbonyl (C=O) groups is 1. The van der Waals surface area contributed by atoms with Gasteiger partial charge in [0.2, 0.25) is 0 Å². The van der Waals surface area contributed by atoms with Gasteiger partial charge in [-0.3, -0.25) is 4.79 Å². The van der Waals surface area contributed by atoms with E-state index < -0.39 is 0 Å². The van der Waals surface area contributed by atoms with Gasteiger partial charge < -0.3 is 9.73 Å². The molecule has 15 heavy (non-hydrogen) atoms. The molecule has 1 aromatic rings. The Morgan fingerprint density at radius 2 is 2.33 bits per heavy atom. The van der Waals surface area contributed by atoms with Gasteiger partial charge >= 0.3 is 0 Å². The lowest BCUT2D eigenvalue weighted by atomic mass is 9.80. The lowest BCUT2D eigenvalue weighted by Crippen LogP contribution is -2.40. The van der Waals surface area contributed by atoms with Gasteiger partial charge in [-0.25, -0.2) is 0 Å². The molecule has 0 aromatic carbocycles. The normalized spacial score (nSPS) is 18.3. The van der Waals surface area contributed by atoms with Crippen LogP contribution in [-0.4, -0.2) is 11.9 Å². The molecule has 1 aromatic heterocycles. The van der Waals surface area contributed by atoms with Crippen LogP contribution in [0.25, 0.3) is 0 Å². The molecule has 1 unspecified atom stereocenters. The van der Waals surface area contributed by atoms with Crippen molar-refractivity contribution in [2.75, 3.05) is 0 Å². The van der Waals surface area contributed by atoms with E-state index in [1.165, 1.54) is 19.3 Å². The zero-order valence-corrected chi connectivity index (χ0v) is 10.2. The summed E-state index contributed by atoms with van der Waals surface area (Å²) in [5.41, 5.74) is 0. The number of carbonyl (C=O) groups excluding carboxylic acids is 1. The Morgan fingerprint density at radius 1 is 1.60 bits per heavy atom. The van der Waals surface area contributed by atoms with E-state index in [9.17, 15) is 4.79 Å². The predicted molar refractivity (Wildman–Crippen MR) is 60.7 cm³/mol. The summed E-state index contributed by atoms with van der Waals surface area (Å²) in [5.74, 6) is 0.889. The molecule has 82 valence electrons. The molecule has 1 amide bonds. The summed E-state index contributed by atoms with van der Waals surface area (Å²) in [7, 11) is 0. The van der Waals surface area contributed by atoms with Crippen molar-refractivity contribution in [3.63, 3.8) is 0 Å². The van der Waals surface area contributed by atoms with Crippen LogP contribution < -0.4 is 5.32 Å². The highest BCUT2D eigenvalue weighted by Crippen LogP contribution is 2.29. The van der Waals surface area contributed by atoms with E-state index in [1.54, 1.807) is 12.1 Å². The van der Waals surface area contributed by atoms with Gasteiger partial charge in [-0.2, -0.15) is 0 Å². The number of rotatable bonds is 3. The van der Waals surface area contributed by atoms with Gasteiger partial charge in [-0.05, 0) is 53.7 Å². The smallest absolute Gasteiger partial charge is 0.287 e. The topological polar surface area (TPSA) is 42.2 Å². The molecule has 1 saturated carbocycles. The van der Waals surface area contributed by atoms with Crippen molar-refractivity contribution in [2.24, 2.45) is 5.92 Å².